The van der Waals surface area contributed by atoms with Gasteiger partial charge in [0.2, 0.25) is 6.79 Å². The number of hydrogen-bond donors (Lipinski definition) is 0. The largest absolute Gasteiger partial charge is 0.454 e. The number of nitro groups is 1. The number of fused-ring (bicyclic) bond motifs is 2. The Hall–Kier alpha value is -3.35. The summed E-state index contributed by atoms with van der Waals surface area (Å²) in [6, 6.07) is 10.6. The number of anilines is 1. The van der Waals surface area contributed by atoms with Crippen molar-refractivity contribution in [1.29, 1.82) is 0 Å². The molecule has 0 unspecified atom stereocenters. The predicted octanol–water partition coefficient (Wildman–Crippen LogP) is 2.93. The fourth-order valence-electron chi connectivity index (χ4n) is 3.06. The summed E-state index contributed by atoms with van der Waals surface area (Å²) in [5.41, 5.74) is 2.18. The van der Waals surface area contributed by atoms with Crippen LogP contribution in [-0.4, -0.2) is 24.2 Å². The van der Waals surface area contributed by atoms with E-state index in [0.717, 1.165) is 17.7 Å². The van der Waals surface area contributed by atoms with E-state index in [0.29, 0.717) is 23.6 Å². The summed E-state index contributed by atoms with van der Waals surface area (Å²) >= 11 is 0. The molecule has 2 aliphatic rings. The van der Waals surface area contributed by atoms with Crippen molar-refractivity contribution in [3.63, 3.8) is 0 Å². The number of para-hydroxylation sites is 1. The summed E-state index contributed by atoms with van der Waals surface area (Å²) in [6.07, 6.45) is 3.61. The van der Waals surface area contributed by atoms with Gasteiger partial charge in [0.1, 0.15) is 0 Å². The summed E-state index contributed by atoms with van der Waals surface area (Å²) in [5, 5.41) is 11.3. The molecular weight excluding hydrogens is 324 g/mol. The van der Waals surface area contributed by atoms with Crippen LogP contribution in [0.15, 0.2) is 42.5 Å². The molecule has 0 atom stereocenters. The van der Waals surface area contributed by atoms with Crippen LogP contribution in [0.4, 0.5) is 11.4 Å². The second kappa shape index (κ2) is 5.94. The van der Waals surface area contributed by atoms with Gasteiger partial charge in [-0.1, -0.05) is 18.2 Å². The van der Waals surface area contributed by atoms with E-state index >= 15 is 0 Å². The standard InChI is InChI=1S/C18H14N2O5/c21-18(19-8-7-12-3-1-2-4-14(12)19)6-5-13-9-16-17(25-11-24-16)10-15(13)20(22)23/h1-6,9-10H,7-8,11H2/b6-5-. The molecular formula is C18H14N2O5. The Kier molecular flexibility index (Phi) is 3.61. The maximum Gasteiger partial charge on any atom is 0.280 e. The van der Waals surface area contributed by atoms with Gasteiger partial charge in [-0.15, -0.1) is 0 Å². The number of benzene rings is 2. The molecule has 0 aromatic heterocycles. The molecule has 2 heterocycles. The van der Waals surface area contributed by atoms with Gasteiger partial charge in [-0.2, -0.15) is 0 Å². The van der Waals surface area contributed by atoms with Crippen LogP contribution in [0.5, 0.6) is 11.5 Å². The van der Waals surface area contributed by atoms with Gasteiger partial charge in [0.05, 0.1) is 16.6 Å². The molecule has 0 N–H and O–H groups in total. The van der Waals surface area contributed by atoms with Crippen molar-refractivity contribution >= 4 is 23.4 Å². The molecule has 0 bridgehead atoms. The zero-order valence-electron chi connectivity index (χ0n) is 13.2. The van der Waals surface area contributed by atoms with E-state index in [4.69, 9.17) is 9.47 Å². The van der Waals surface area contributed by atoms with Gasteiger partial charge in [0.25, 0.3) is 11.6 Å². The lowest BCUT2D eigenvalue weighted by Gasteiger charge is -2.14. The molecule has 1 amide bonds. The lowest BCUT2D eigenvalue weighted by molar-refractivity contribution is -0.385. The van der Waals surface area contributed by atoms with Crippen molar-refractivity contribution in [3.05, 3.63) is 63.7 Å². The number of amides is 1. The molecule has 2 aromatic rings. The molecule has 0 saturated carbocycles. The van der Waals surface area contributed by atoms with Gasteiger partial charge in [-0.3, -0.25) is 14.9 Å². The van der Waals surface area contributed by atoms with Crippen molar-refractivity contribution in [2.45, 2.75) is 6.42 Å². The minimum Gasteiger partial charge on any atom is -0.454 e. The van der Waals surface area contributed by atoms with Crippen LogP contribution in [0.2, 0.25) is 0 Å². The Morgan fingerprint density at radius 2 is 1.96 bits per heavy atom. The molecule has 25 heavy (non-hydrogen) atoms. The first-order valence-corrected chi connectivity index (χ1v) is 7.79. The van der Waals surface area contributed by atoms with Crippen LogP contribution in [0.1, 0.15) is 11.1 Å². The molecule has 7 nitrogen and oxygen atoms in total. The fourth-order valence-corrected chi connectivity index (χ4v) is 3.06. The molecule has 0 fully saturated rings. The van der Waals surface area contributed by atoms with E-state index in [1.807, 2.05) is 24.3 Å². The number of nitro benzene ring substituents is 1. The van der Waals surface area contributed by atoms with E-state index in [1.165, 1.54) is 24.3 Å². The fraction of sp³-hybridized carbons (Fsp3) is 0.167. The Labute approximate surface area is 143 Å². The molecule has 0 radical (unpaired) electrons. The SMILES string of the molecule is O=C(/C=C\c1cc2c(cc1[N+](=O)[O-])OCO2)N1CCc2ccccc21. The number of hydrogen-bond acceptors (Lipinski definition) is 5. The molecule has 4 rings (SSSR count). The second-order valence-corrected chi connectivity index (χ2v) is 5.72. The number of carbonyl (C=O) groups excluding carboxylic acids is 1. The lowest BCUT2D eigenvalue weighted by atomic mass is 10.1. The van der Waals surface area contributed by atoms with Crippen LogP contribution < -0.4 is 14.4 Å². The highest BCUT2D eigenvalue weighted by molar-refractivity contribution is 6.05. The third-order valence-electron chi connectivity index (χ3n) is 4.28. The summed E-state index contributed by atoms with van der Waals surface area (Å²) in [6.45, 7) is 0.634. The van der Waals surface area contributed by atoms with Crippen molar-refractivity contribution in [3.8, 4) is 11.5 Å². The van der Waals surface area contributed by atoms with Crippen LogP contribution in [0.25, 0.3) is 6.08 Å². The Morgan fingerprint density at radius 3 is 2.76 bits per heavy atom. The topological polar surface area (TPSA) is 81.9 Å². The summed E-state index contributed by atoms with van der Waals surface area (Å²) in [4.78, 5) is 24.9. The second-order valence-electron chi connectivity index (χ2n) is 5.72. The Bertz CT molecular complexity index is 906. The Balaban J connectivity index is 1.62. The first-order chi connectivity index (χ1) is 12.1. The highest BCUT2D eigenvalue weighted by atomic mass is 16.7. The lowest BCUT2D eigenvalue weighted by Crippen LogP contribution is -2.26. The van der Waals surface area contributed by atoms with Crippen molar-refractivity contribution < 1.29 is 19.2 Å². The van der Waals surface area contributed by atoms with Crippen LogP contribution in [-0.2, 0) is 11.2 Å². The normalized spacial score (nSPS) is 14.8. The maximum atomic E-state index is 12.5. The van der Waals surface area contributed by atoms with E-state index in [9.17, 15) is 14.9 Å². The average molecular weight is 338 g/mol. The monoisotopic (exact) mass is 338 g/mol. The highest BCUT2D eigenvalue weighted by Crippen LogP contribution is 2.38. The Morgan fingerprint density at radius 1 is 1.20 bits per heavy atom. The molecule has 0 aliphatic carbocycles. The summed E-state index contributed by atoms with van der Waals surface area (Å²) in [7, 11) is 0. The van der Waals surface area contributed by atoms with Crippen LogP contribution in [0.3, 0.4) is 0 Å². The highest BCUT2D eigenvalue weighted by Gasteiger charge is 2.24. The first kappa shape index (κ1) is 15.2. The zero-order chi connectivity index (χ0) is 17.4. The molecule has 0 spiro atoms. The van der Waals surface area contributed by atoms with Gasteiger partial charge in [-0.05, 0) is 30.2 Å². The predicted molar refractivity (Wildman–Crippen MR) is 90.8 cm³/mol. The average Bonchev–Trinajstić information content (AvgIpc) is 3.24. The molecule has 2 aromatic carbocycles. The van der Waals surface area contributed by atoms with Crippen molar-refractivity contribution in [2.24, 2.45) is 0 Å². The third kappa shape index (κ3) is 2.69. The number of ether oxygens (including phenoxy) is 2. The quantitative estimate of drug-likeness (QED) is 0.488. The van der Waals surface area contributed by atoms with Gasteiger partial charge in [-0.25, -0.2) is 0 Å². The third-order valence-corrected chi connectivity index (χ3v) is 4.28. The number of nitrogens with zero attached hydrogens (tertiary/aromatic N) is 2. The molecule has 2 aliphatic heterocycles. The zero-order valence-corrected chi connectivity index (χ0v) is 13.2. The van der Waals surface area contributed by atoms with Gasteiger partial charge in [0.15, 0.2) is 11.5 Å². The van der Waals surface area contributed by atoms with E-state index < -0.39 is 4.92 Å². The van der Waals surface area contributed by atoms with Crippen molar-refractivity contribution in [2.75, 3.05) is 18.2 Å². The van der Waals surface area contributed by atoms with Crippen LogP contribution in [0, 0.1) is 10.1 Å². The van der Waals surface area contributed by atoms with Gasteiger partial charge in [0, 0.05) is 18.3 Å². The minimum atomic E-state index is -0.503. The maximum absolute atomic E-state index is 12.5. The van der Waals surface area contributed by atoms with Gasteiger partial charge >= 0.3 is 0 Å². The first-order valence-electron chi connectivity index (χ1n) is 7.79. The number of rotatable bonds is 3. The van der Waals surface area contributed by atoms with E-state index in [-0.39, 0.29) is 18.4 Å². The smallest absolute Gasteiger partial charge is 0.280 e. The number of carbonyl (C=O) groups is 1. The minimum absolute atomic E-state index is 0.0309. The summed E-state index contributed by atoms with van der Waals surface area (Å²) in [5.74, 6) is 0.560. The van der Waals surface area contributed by atoms with E-state index in [2.05, 4.69) is 0 Å². The van der Waals surface area contributed by atoms with Crippen molar-refractivity contribution in [1.82, 2.24) is 0 Å². The van der Waals surface area contributed by atoms with Crippen LogP contribution >= 0.6 is 0 Å². The van der Waals surface area contributed by atoms with Gasteiger partial charge < -0.3 is 14.4 Å². The molecule has 126 valence electrons. The molecule has 7 heteroatoms. The summed E-state index contributed by atoms with van der Waals surface area (Å²) < 4.78 is 10.4. The van der Waals surface area contributed by atoms with E-state index in [1.54, 1.807) is 4.90 Å². The molecule has 0 saturated heterocycles.